The number of rotatable bonds is 5. The van der Waals surface area contributed by atoms with Gasteiger partial charge in [-0.25, -0.2) is 9.97 Å². The molecule has 0 spiro atoms. The highest BCUT2D eigenvalue weighted by molar-refractivity contribution is 6.30. The molecule has 1 N–H and O–H groups in total. The van der Waals surface area contributed by atoms with Crippen LogP contribution in [-0.4, -0.2) is 46.1 Å². The summed E-state index contributed by atoms with van der Waals surface area (Å²) in [6, 6.07) is 3.52. The molecule has 2 fully saturated rings. The molecule has 6 nitrogen and oxygen atoms in total. The lowest BCUT2D eigenvalue weighted by Crippen LogP contribution is -2.45. The fraction of sp³-hybridized carbons (Fsp3) is 0.542. The molecule has 1 saturated heterocycles. The monoisotopic (exact) mass is 552 g/mol. The van der Waals surface area contributed by atoms with Gasteiger partial charge in [-0.1, -0.05) is 25.4 Å². The number of hydrogen-bond acceptors (Lipinski definition) is 5. The molecule has 0 bridgehead atoms. The zero-order valence-corrected chi connectivity index (χ0v) is 21.2. The summed E-state index contributed by atoms with van der Waals surface area (Å²) in [4.78, 5) is 19.7. The number of carbonyl (C=O) groups is 1. The Balaban J connectivity index is 0.00000186. The number of nitrogens with one attached hydrogen (secondary N) is 1. The molecule has 37 heavy (non-hydrogen) atoms. The molecule has 1 amide bonds. The summed E-state index contributed by atoms with van der Waals surface area (Å²) in [5.74, 6) is -1.63. The van der Waals surface area contributed by atoms with Gasteiger partial charge in [0.25, 0.3) is 0 Å². The number of halogens is 7. The van der Waals surface area contributed by atoms with Gasteiger partial charge in [0.05, 0.1) is 11.8 Å². The second kappa shape index (κ2) is 11.3. The summed E-state index contributed by atoms with van der Waals surface area (Å²) in [7, 11) is 0. The van der Waals surface area contributed by atoms with E-state index in [1.54, 1.807) is 12.1 Å². The van der Waals surface area contributed by atoms with Gasteiger partial charge < -0.3 is 15.0 Å². The first-order chi connectivity index (χ1) is 17.3. The van der Waals surface area contributed by atoms with Crippen LogP contribution in [0.4, 0.5) is 38.0 Å². The Labute approximate surface area is 215 Å². The van der Waals surface area contributed by atoms with Crippen molar-refractivity contribution in [2.24, 2.45) is 0 Å². The third-order valence-electron chi connectivity index (χ3n) is 5.94. The Bertz CT molecular complexity index is 1110. The van der Waals surface area contributed by atoms with Crippen LogP contribution in [0.1, 0.15) is 62.1 Å². The van der Waals surface area contributed by atoms with Crippen molar-refractivity contribution in [3.8, 4) is 5.75 Å². The Morgan fingerprint density at radius 2 is 1.70 bits per heavy atom. The van der Waals surface area contributed by atoms with Crippen LogP contribution in [0.15, 0.2) is 18.3 Å². The molecule has 0 radical (unpaired) electrons. The van der Waals surface area contributed by atoms with Crippen molar-refractivity contribution in [3.63, 3.8) is 0 Å². The van der Waals surface area contributed by atoms with Gasteiger partial charge in [0.2, 0.25) is 5.95 Å². The lowest BCUT2D eigenvalue weighted by Gasteiger charge is -2.33. The van der Waals surface area contributed by atoms with Crippen LogP contribution < -0.4 is 10.1 Å². The first-order valence-electron chi connectivity index (χ1n) is 11.9. The zero-order valence-electron chi connectivity index (χ0n) is 20.4. The molecular weight excluding hydrogens is 526 g/mol. The van der Waals surface area contributed by atoms with Gasteiger partial charge >= 0.3 is 18.3 Å². The van der Waals surface area contributed by atoms with Crippen LogP contribution in [0, 0.1) is 6.92 Å². The SMILES string of the molecule is CC.Cc1cc(Nc2ncc(C(F)(F)F)c(Cl)n2)c(OC2CC2)cc1C1CCN(C(=O)C(F)(F)F)CC1. The molecule has 1 aliphatic carbocycles. The van der Waals surface area contributed by atoms with Crippen molar-refractivity contribution in [1.82, 2.24) is 14.9 Å². The predicted octanol–water partition coefficient (Wildman–Crippen LogP) is 7.04. The van der Waals surface area contributed by atoms with Gasteiger partial charge in [-0.2, -0.15) is 26.3 Å². The quantitative estimate of drug-likeness (QED) is 0.318. The number of ether oxygens (including phenoxy) is 1. The second-order valence-corrected chi connectivity index (χ2v) is 8.97. The van der Waals surface area contributed by atoms with Crippen LogP contribution in [0.25, 0.3) is 0 Å². The van der Waals surface area contributed by atoms with Gasteiger partial charge in [0, 0.05) is 19.3 Å². The zero-order chi connectivity index (χ0) is 27.5. The van der Waals surface area contributed by atoms with E-state index in [0.717, 1.165) is 28.9 Å². The van der Waals surface area contributed by atoms with Crippen molar-refractivity contribution >= 4 is 29.1 Å². The van der Waals surface area contributed by atoms with Gasteiger partial charge in [-0.3, -0.25) is 4.79 Å². The van der Waals surface area contributed by atoms with Gasteiger partial charge in [0.15, 0.2) is 0 Å². The summed E-state index contributed by atoms with van der Waals surface area (Å²) in [6.07, 6.45) is -6.58. The molecule has 13 heteroatoms. The first-order valence-corrected chi connectivity index (χ1v) is 12.2. The minimum Gasteiger partial charge on any atom is -0.488 e. The average Bonchev–Trinajstić information content (AvgIpc) is 3.64. The Morgan fingerprint density at radius 3 is 2.22 bits per heavy atom. The summed E-state index contributed by atoms with van der Waals surface area (Å²) in [6.45, 7) is 5.79. The molecule has 1 aromatic carbocycles. The standard InChI is InChI=1S/C22H21ClF6N4O2.C2H6/c1-11-8-16(31-20-30-10-15(18(23)32-20)21(24,25)26)17(35-13-2-3-13)9-14(11)12-4-6-33(7-5-12)19(34)22(27,28)29;1-2/h8-10,12-13H,2-7H2,1H3,(H,30,31,32);1-2H3. The molecule has 0 unspecified atom stereocenters. The smallest absolute Gasteiger partial charge is 0.471 e. The number of benzene rings is 1. The molecule has 2 aromatic rings. The third-order valence-corrected chi connectivity index (χ3v) is 6.23. The number of hydrogen-bond donors (Lipinski definition) is 1. The predicted molar refractivity (Wildman–Crippen MR) is 126 cm³/mol. The number of nitrogens with zero attached hydrogens (tertiary/aromatic N) is 3. The molecule has 4 rings (SSSR count). The number of amides is 1. The molecule has 1 aliphatic heterocycles. The molecule has 1 saturated carbocycles. The lowest BCUT2D eigenvalue weighted by molar-refractivity contribution is -0.186. The Kier molecular flexibility index (Phi) is 8.81. The number of piperidine rings is 1. The van der Waals surface area contributed by atoms with Crippen molar-refractivity contribution in [3.05, 3.63) is 40.2 Å². The van der Waals surface area contributed by atoms with Crippen molar-refractivity contribution < 1.29 is 35.9 Å². The number of anilines is 2. The minimum absolute atomic E-state index is 0.00512. The number of alkyl halides is 6. The van der Waals surface area contributed by atoms with Crippen molar-refractivity contribution in [2.45, 2.75) is 70.8 Å². The van der Waals surface area contributed by atoms with Crippen LogP contribution in [-0.2, 0) is 11.0 Å². The van der Waals surface area contributed by atoms with E-state index in [-0.39, 0.29) is 31.1 Å². The number of aryl methyl sites for hydroxylation is 1. The molecule has 2 aliphatic rings. The van der Waals surface area contributed by atoms with E-state index in [1.165, 1.54) is 0 Å². The van der Waals surface area contributed by atoms with Crippen molar-refractivity contribution in [2.75, 3.05) is 18.4 Å². The fourth-order valence-electron chi connectivity index (χ4n) is 4.01. The van der Waals surface area contributed by atoms with Crippen LogP contribution in [0.3, 0.4) is 0 Å². The topological polar surface area (TPSA) is 67.4 Å². The largest absolute Gasteiger partial charge is 0.488 e. The number of likely N-dealkylation sites (tertiary alicyclic amines) is 1. The minimum atomic E-state index is -4.90. The lowest BCUT2D eigenvalue weighted by atomic mass is 9.86. The maximum atomic E-state index is 12.9. The molecular formula is C24H27ClF6N4O2. The average molecular weight is 553 g/mol. The van der Waals surface area contributed by atoms with E-state index >= 15 is 0 Å². The van der Waals surface area contributed by atoms with Crippen LogP contribution in [0.2, 0.25) is 5.15 Å². The number of aromatic nitrogens is 2. The van der Waals surface area contributed by atoms with Gasteiger partial charge in [0.1, 0.15) is 16.5 Å². The van der Waals surface area contributed by atoms with Crippen LogP contribution >= 0.6 is 11.6 Å². The maximum Gasteiger partial charge on any atom is 0.471 e. The van der Waals surface area contributed by atoms with E-state index in [9.17, 15) is 31.1 Å². The van der Waals surface area contributed by atoms with E-state index in [2.05, 4.69) is 15.3 Å². The molecule has 0 atom stereocenters. The highest BCUT2D eigenvalue weighted by Crippen LogP contribution is 2.40. The summed E-state index contributed by atoms with van der Waals surface area (Å²) < 4.78 is 83.0. The van der Waals surface area contributed by atoms with Gasteiger partial charge in [-0.15, -0.1) is 0 Å². The van der Waals surface area contributed by atoms with E-state index in [1.807, 2.05) is 20.8 Å². The normalized spacial score (nSPS) is 16.6. The first kappa shape index (κ1) is 28.8. The highest BCUT2D eigenvalue weighted by Gasteiger charge is 2.43. The van der Waals surface area contributed by atoms with Gasteiger partial charge in [-0.05, 0) is 61.8 Å². The summed E-state index contributed by atoms with van der Waals surface area (Å²) >= 11 is 5.69. The Hall–Kier alpha value is -2.76. The molecule has 1 aromatic heterocycles. The van der Waals surface area contributed by atoms with E-state index in [4.69, 9.17) is 16.3 Å². The van der Waals surface area contributed by atoms with Crippen LogP contribution in [0.5, 0.6) is 5.75 Å². The summed E-state index contributed by atoms with van der Waals surface area (Å²) in [5.41, 5.74) is 0.950. The van der Waals surface area contributed by atoms with Crippen molar-refractivity contribution in [1.29, 1.82) is 0 Å². The Morgan fingerprint density at radius 1 is 1.08 bits per heavy atom. The summed E-state index contributed by atoms with van der Waals surface area (Å²) in [5, 5.41) is 2.12. The van der Waals surface area contributed by atoms with E-state index in [0.29, 0.717) is 30.5 Å². The third kappa shape index (κ3) is 7.18. The second-order valence-electron chi connectivity index (χ2n) is 8.61. The maximum absolute atomic E-state index is 12.9. The molecule has 2 heterocycles. The highest BCUT2D eigenvalue weighted by atomic mass is 35.5. The number of carbonyl (C=O) groups excluding carboxylic acids is 1. The fourth-order valence-corrected chi connectivity index (χ4v) is 4.24. The molecule has 204 valence electrons. The van der Waals surface area contributed by atoms with E-state index < -0.39 is 29.0 Å².